The van der Waals surface area contributed by atoms with Gasteiger partial charge in [-0.05, 0) is 41.7 Å². The van der Waals surface area contributed by atoms with Gasteiger partial charge in [-0.25, -0.2) is 8.42 Å². The monoisotopic (exact) mass is 410 g/mol. The molecular weight excluding hydrogens is 384 g/mol. The van der Waals surface area contributed by atoms with Crippen molar-refractivity contribution in [1.82, 2.24) is 10.3 Å². The van der Waals surface area contributed by atoms with Crippen molar-refractivity contribution >= 4 is 26.3 Å². The van der Waals surface area contributed by atoms with Gasteiger partial charge in [-0.1, -0.05) is 36.4 Å². The first-order valence-electron chi connectivity index (χ1n) is 9.86. The number of rotatable bonds is 7. The van der Waals surface area contributed by atoms with E-state index < -0.39 is 9.84 Å². The lowest BCUT2D eigenvalue weighted by Crippen LogP contribution is -2.34. The van der Waals surface area contributed by atoms with Crippen molar-refractivity contribution in [3.63, 3.8) is 0 Å². The molecule has 0 saturated heterocycles. The highest BCUT2D eigenvalue weighted by molar-refractivity contribution is 7.90. The molecule has 0 radical (unpaired) electrons. The number of aromatic nitrogens is 1. The summed E-state index contributed by atoms with van der Waals surface area (Å²) in [7, 11) is -1.59. The molecule has 0 aliphatic carbocycles. The zero-order chi connectivity index (χ0) is 20.3. The fraction of sp³-hybridized carbons (Fsp3) is 0.304. The molecule has 2 aromatic carbocycles. The molecule has 4 rings (SSSR count). The van der Waals surface area contributed by atoms with E-state index in [1.165, 1.54) is 11.1 Å². The van der Waals surface area contributed by atoms with Crippen LogP contribution in [-0.4, -0.2) is 38.9 Å². The van der Waals surface area contributed by atoms with Gasteiger partial charge in [0, 0.05) is 35.8 Å². The summed E-state index contributed by atoms with van der Waals surface area (Å²) in [6.07, 6.45) is 5.45. The second kappa shape index (κ2) is 8.43. The average Bonchev–Trinajstić information content (AvgIpc) is 3.14. The highest BCUT2D eigenvalue weighted by atomic mass is 32.2. The van der Waals surface area contributed by atoms with Crippen LogP contribution in [0.4, 0.5) is 0 Å². The van der Waals surface area contributed by atoms with Crippen LogP contribution in [0.15, 0.2) is 60.8 Å². The molecule has 5 nitrogen and oxygen atoms in total. The quantitative estimate of drug-likeness (QED) is 0.619. The molecule has 0 amide bonds. The third kappa shape index (κ3) is 4.71. The number of aromatic amines is 1. The minimum absolute atomic E-state index is 0.0490. The highest BCUT2D eigenvalue weighted by Crippen LogP contribution is 2.26. The molecule has 6 heteroatoms. The molecule has 3 aromatic rings. The maximum absolute atomic E-state index is 12.8. The number of hydrogen-bond donors (Lipinski definition) is 2. The predicted octanol–water partition coefficient (Wildman–Crippen LogP) is 3.93. The first-order chi connectivity index (χ1) is 14.0. The van der Waals surface area contributed by atoms with Crippen molar-refractivity contribution in [3.8, 4) is 5.75 Å². The Hall–Kier alpha value is -2.57. The Morgan fingerprint density at radius 1 is 1.14 bits per heavy atom. The fourth-order valence-corrected chi connectivity index (χ4v) is 5.41. The van der Waals surface area contributed by atoms with Crippen LogP contribution in [0.2, 0.25) is 0 Å². The first-order valence-corrected chi connectivity index (χ1v) is 11.7. The van der Waals surface area contributed by atoms with E-state index in [0.29, 0.717) is 6.42 Å². The normalized spacial score (nSPS) is 17.3. The van der Waals surface area contributed by atoms with Crippen LogP contribution in [-0.2, 0) is 15.6 Å². The Morgan fingerprint density at radius 2 is 1.97 bits per heavy atom. The SMILES string of the molecule is COc1ccc2c(CS(=O)(=O)CCC3CC(c4ccccc4)=CCN3)c[nH]c2c1. The van der Waals surface area contributed by atoms with Gasteiger partial charge in [0.25, 0.3) is 0 Å². The molecule has 1 atom stereocenters. The van der Waals surface area contributed by atoms with Crippen molar-refractivity contribution in [1.29, 1.82) is 0 Å². The third-order valence-corrected chi connectivity index (χ3v) is 7.10. The van der Waals surface area contributed by atoms with Gasteiger partial charge in [0.15, 0.2) is 9.84 Å². The molecule has 0 fully saturated rings. The van der Waals surface area contributed by atoms with E-state index in [2.05, 4.69) is 28.5 Å². The van der Waals surface area contributed by atoms with E-state index in [1.807, 2.05) is 36.4 Å². The molecule has 152 valence electrons. The summed E-state index contributed by atoms with van der Waals surface area (Å²) in [5, 5.41) is 4.36. The second-order valence-corrected chi connectivity index (χ2v) is 9.69. The van der Waals surface area contributed by atoms with Crippen molar-refractivity contribution < 1.29 is 13.2 Å². The van der Waals surface area contributed by atoms with E-state index in [9.17, 15) is 8.42 Å². The van der Waals surface area contributed by atoms with Crippen LogP contribution < -0.4 is 10.1 Å². The van der Waals surface area contributed by atoms with Crippen molar-refractivity contribution in [2.24, 2.45) is 0 Å². The van der Waals surface area contributed by atoms with Crippen LogP contribution in [0.5, 0.6) is 5.75 Å². The van der Waals surface area contributed by atoms with Gasteiger partial charge >= 0.3 is 0 Å². The van der Waals surface area contributed by atoms with E-state index in [-0.39, 0.29) is 17.5 Å². The molecule has 2 heterocycles. The van der Waals surface area contributed by atoms with Gasteiger partial charge in [-0.2, -0.15) is 0 Å². The van der Waals surface area contributed by atoms with Gasteiger partial charge < -0.3 is 15.0 Å². The number of sulfone groups is 1. The molecule has 0 bridgehead atoms. The van der Waals surface area contributed by atoms with Crippen molar-refractivity contribution in [2.75, 3.05) is 19.4 Å². The fourth-order valence-electron chi connectivity index (χ4n) is 3.90. The predicted molar refractivity (Wildman–Crippen MR) is 118 cm³/mol. The van der Waals surface area contributed by atoms with E-state index in [0.717, 1.165) is 35.2 Å². The Labute approximate surface area is 171 Å². The minimum Gasteiger partial charge on any atom is -0.497 e. The summed E-state index contributed by atoms with van der Waals surface area (Å²) < 4.78 is 30.8. The van der Waals surface area contributed by atoms with Gasteiger partial charge in [-0.15, -0.1) is 0 Å². The molecule has 1 unspecified atom stereocenters. The van der Waals surface area contributed by atoms with Gasteiger partial charge in [0.05, 0.1) is 18.6 Å². The number of hydrogen-bond acceptors (Lipinski definition) is 4. The number of ether oxygens (including phenoxy) is 1. The van der Waals surface area contributed by atoms with Gasteiger partial charge in [0.2, 0.25) is 0 Å². The number of nitrogens with one attached hydrogen (secondary N) is 2. The number of fused-ring (bicyclic) bond motifs is 1. The lowest BCUT2D eigenvalue weighted by molar-refractivity contribution is 0.415. The van der Waals surface area contributed by atoms with Crippen LogP contribution in [0.3, 0.4) is 0 Å². The lowest BCUT2D eigenvalue weighted by atomic mass is 9.94. The Balaban J connectivity index is 1.39. The molecule has 29 heavy (non-hydrogen) atoms. The maximum atomic E-state index is 12.8. The smallest absolute Gasteiger partial charge is 0.154 e. The molecule has 1 aliphatic heterocycles. The maximum Gasteiger partial charge on any atom is 0.154 e. The number of methoxy groups -OCH3 is 1. The van der Waals surface area contributed by atoms with E-state index >= 15 is 0 Å². The average molecular weight is 411 g/mol. The highest BCUT2D eigenvalue weighted by Gasteiger charge is 2.21. The summed E-state index contributed by atoms with van der Waals surface area (Å²) in [6, 6.07) is 16.1. The Bertz CT molecular complexity index is 1120. The molecule has 2 N–H and O–H groups in total. The van der Waals surface area contributed by atoms with Crippen molar-refractivity contribution in [3.05, 3.63) is 71.9 Å². The van der Waals surface area contributed by atoms with Crippen LogP contribution in [0.1, 0.15) is 24.0 Å². The topological polar surface area (TPSA) is 71.2 Å². The molecule has 1 aromatic heterocycles. The zero-order valence-electron chi connectivity index (χ0n) is 16.5. The third-order valence-electron chi connectivity index (χ3n) is 5.49. The number of benzene rings is 2. The summed E-state index contributed by atoms with van der Waals surface area (Å²) in [5.41, 5.74) is 4.21. The van der Waals surface area contributed by atoms with Gasteiger partial charge in [-0.3, -0.25) is 0 Å². The summed E-state index contributed by atoms with van der Waals surface area (Å²) in [6.45, 7) is 0.777. The first kappa shape index (κ1) is 19.7. The van der Waals surface area contributed by atoms with Crippen LogP contribution in [0, 0.1) is 0 Å². The lowest BCUT2D eigenvalue weighted by Gasteiger charge is -2.24. The zero-order valence-corrected chi connectivity index (χ0v) is 17.3. The summed E-state index contributed by atoms with van der Waals surface area (Å²) >= 11 is 0. The number of H-pyrrole nitrogens is 1. The molecule has 0 spiro atoms. The minimum atomic E-state index is -3.20. The Morgan fingerprint density at radius 3 is 2.76 bits per heavy atom. The largest absolute Gasteiger partial charge is 0.497 e. The second-order valence-electron chi connectivity index (χ2n) is 7.51. The molecule has 0 saturated carbocycles. The molecular formula is C23H26N2O3S. The van der Waals surface area contributed by atoms with E-state index in [4.69, 9.17) is 4.74 Å². The summed E-state index contributed by atoms with van der Waals surface area (Å²) in [4.78, 5) is 3.15. The summed E-state index contributed by atoms with van der Waals surface area (Å²) in [5.74, 6) is 0.975. The van der Waals surface area contributed by atoms with Crippen molar-refractivity contribution in [2.45, 2.75) is 24.6 Å². The van der Waals surface area contributed by atoms with Gasteiger partial charge in [0.1, 0.15) is 5.75 Å². The van der Waals surface area contributed by atoms with E-state index in [1.54, 1.807) is 13.3 Å². The van der Waals surface area contributed by atoms with Crippen LogP contribution in [0.25, 0.3) is 16.5 Å². The standard InChI is InChI=1S/C23H26N2O3S/c1-28-21-7-8-22-19(15-25-23(22)14-21)16-29(26,27)12-10-20-13-18(9-11-24-20)17-5-3-2-4-6-17/h2-9,14-15,20,24-25H,10-13,16H2,1H3. The molecule has 1 aliphatic rings. The Kier molecular flexibility index (Phi) is 5.74. The van der Waals surface area contributed by atoms with Crippen LogP contribution >= 0.6 is 0 Å².